The molecule has 0 fully saturated rings. The van der Waals surface area contributed by atoms with Gasteiger partial charge in [0.25, 0.3) is 0 Å². The van der Waals surface area contributed by atoms with Gasteiger partial charge in [0.15, 0.2) is 0 Å². The fraction of sp³-hybridized carbons (Fsp3) is 0.462. The number of nitrogens with zero attached hydrogens (tertiary/aromatic N) is 1. The highest BCUT2D eigenvalue weighted by Gasteiger charge is 2.09. The second kappa shape index (κ2) is 19.4. The Morgan fingerprint density at radius 2 is 1.19 bits per heavy atom. The summed E-state index contributed by atoms with van der Waals surface area (Å²) < 4.78 is 12.0. The lowest BCUT2D eigenvalue weighted by Gasteiger charge is -2.15. The van der Waals surface area contributed by atoms with Gasteiger partial charge in [0.1, 0.15) is 17.6 Å². The molecule has 3 rings (SSSR count). The summed E-state index contributed by atoms with van der Waals surface area (Å²) in [5, 5.41) is 9.66. The van der Waals surface area contributed by atoms with E-state index in [0.717, 1.165) is 53.9 Å². The predicted molar refractivity (Wildman–Crippen MR) is 176 cm³/mol. The molecular weight excluding hydrogens is 514 g/mol. The normalized spacial score (nSPS) is 11.3. The average Bonchev–Trinajstić information content (AvgIpc) is 3.02. The van der Waals surface area contributed by atoms with Crippen LogP contribution in [-0.2, 0) is 0 Å². The van der Waals surface area contributed by atoms with Crippen molar-refractivity contribution in [2.45, 2.75) is 110 Å². The molecule has 0 spiro atoms. The Bertz CT molecular complexity index is 1280. The fourth-order valence-electron chi connectivity index (χ4n) is 4.99. The number of hydrogen-bond acceptors (Lipinski definition) is 3. The van der Waals surface area contributed by atoms with E-state index in [4.69, 9.17) is 9.47 Å². The monoisotopic (exact) mass is 563 g/mol. The van der Waals surface area contributed by atoms with Gasteiger partial charge in [-0.1, -0.05) is 114 Å². The first kappa shape index (κ1) is 32.8. The van der Waals surface area contributed by atoms with Crippen LogP contribution in [0, 0.1) is 23.2 Å². The molecule has 222 valence electrons. The van der Waals surface area contributed by atoms with Crippen molar-refractivity contribution in [3.8, 4) is 40.5 Å². The summed E-state index contributed by atoms with van der Waals surface area (Å²) in [7, 11) is 0. The zero-order valence-electron chi connectivity index (χ0n) is 26.1. The third kappa shape index (κ3) is 12.0. The quantitative estimate of drug-likeness (QED) is 0.114. The third-order valence-corrected chi connectivity index (χ3v) is 7.58. The molecule has 0 aliphatic heterocycles. The van der Waals surface area contributed by atoms with Gasteiger partial charge < -0.3 is 9.47 Å². The second-order valence-electron chi connectivity index (χ2n) is 11.3. The van der Waals surface area contributed by atoms with Crippen LogP contribution in [0.5, 0.6) is 11.5 Å². The third-order valence-electron chi connectivity index (χ3n) is 7.58. The summed E-state index contributed by atoms with van der Waals surface area (Å²) in [6, 6.07) is 24.5. The summed E-state index contributed by atoms with van der Waals surface area (Å²) in [6.07, 6.45) is 16.4. The van der Waals surface area contributed by atoms with Crippen molar-refractivity contribution in [2.24, 2.45) is 0 Å². The SMILES string of the molecule is CCCCCCCCCCOc1ccc(-c2ccc(C#Cc3ccc(OC(C)CCCCCC)c(C#N)c3)cc2)cc1. The molecule has 0 radical (unpaired) electrons. The van der Waals surface area contributed by atoms with Crippen molar-refractivity contribution < 1.29 is 9.47 Å². The van der Waals surface area contributed by atoms with Crippen LogP contribution >= 0.6 is 0 Å². The molecule has 3 heteroatoms. The maximum Gasteiger partial charge on any atom is 0.137 e. The molecule has 3 aromatic carbocycles. The van der Waals surface area contributed by atoms with Gasteiger partial charge in [0, 0.05) is 11.1 Å². The van der Waals surface area contributed by atoms with Crippen LogP contribution in [0.2, 0.25) is 0 Å². The largest absolute Gasteiger partial charge is 0.494 e. The Balaban J connectivity index is 1.47. The van der Waals surface area contributed by atoms with Crippen molar-refractivity contribution in [3.05, 3.63) is 83.4 Å². The van der Waals surface area contributed by atoms with Gasteiger partial charge in [-0.3, -0.25) is 0 Å². The van der Waals surface area contributed by atoms with E-state index in [-0.39, 0.29) is 6.10 Å². The van der Waals surface area contributed by atoms with Gasteiger partial charge in [0.2, 0.25) is 0 Å². The van der Waals surface area contributed by atoms with E-state index in [1.165, 1.54) is 64.2 Å². The molecule has 0 aliphatic rings. The van der Waals surface area contributed by atoms with Gasteiger partial charge in [-0.15, -0.1) is 0 Å². The number of ether oxygens (including phenoxy) is 2. The first-order chi connectivity index (χ1) is 20.6. The van der Waals surface area contributed by atoms with Crippen LogP contribution < -0.4 is 9.47 Å². The summed E-state index contributed by atoms with van der Waals surface area (Å²) >= 11 is 0. The highest BCUT2D eigenvalue weighted by atomic mass is 16.5. The van der Waals surface area contributed by atoms with E-state index in [0.29, 0.717) is 11.3 Å². The molecule has 0 saturated carbocycles. The highest BCUT2D eigenvalue weighted by molar-refractivity contribution is 5.65. The smallest absolute Gasteiger partial charge is 0.137 e. The Morgan fingerprint density at radius 3 is 1.83 bits per heavy atom. The maximum atomic E-state index is 9.66. The minimum absolute atomic E-state index is 0.0906. The summed E-state index contributed by atoms with van der Waals surface area (Å²) in [6.45, 7) is 7.34. The van der Waals surface area contributed by atoms with Gasteiger partial charge >= 0.3 is 0 Å². The van der Waals surface area contributed by atoms with Crippen LogP contribution in [0.1, 0.15) is 121 Å². The average molecular weight is 564 g/mol. The van der Waals surface area contributed by atoms with E-state index < -0.39 is 0 Å². The van der Waals surface area contributed by atoms with Crippen molar-refractivity contribution in [2.75, 3.05) is 6.61 Å². The molecular formula is C39H49NO2. The summed E-state index contributed by atoms with van der Waals surface area (Å²) in [5.74, 6) is 8.00. The first-order valence-corrected chi connectivity index (χ1v) is 16.2. The number of benzene rings is 3. The van der Waals surface area contributed by atoms with E-state index in [2.05, 4.69) is 75.1 Å². The summed E-state index contributed by atoms with van der Waals surface area (Å²) in [5.41, 5.74) is 4.57. The lowest BCUT2D eigenvalue weighted by Crippen LogP contribution is -2.12. The minimum atomic E-state index is 0.0906. The molecule has 0 saturated heterocycles. The van der Waals surface area contributed by atoms with Crippen molar-refractivity contribution in [3.63, 3.8) is 0 Å². The van der Waals surface area contributed by atoms with Crippen LogP contribution in [0.4, 0.5) is 0 Å². The zero-order valence-corrected chi connectivity index (χ0v) is 26.1. The number of nitriles is 1. The van der Waals surface area contributed by atoms with E-state index in [9.17, 15) is 5.26 Å². The Morgan fingerprint density at radius 1 is 0.643 bits per heavy atom. The molecule has 0 bridgehead atoms. The molecule has 1 unspecified atom stereocenters. The number of hydrogen-bond donors (Lipinski definition) is 0. The van der Waals surface area contributed by atoms with Crippen LogP contribution in [0.25, 0.3) is 11.1 Å². The standard InChI is InChI=1S/C39H49NO2/c1-4-6-8-10-11-12-13-15-29-41-38-26-24-36(25-27-38)35-22-19-33(20-23-35)17-18-34-21-28-39(37(30-34)31-40)42-32(3)16-14-9-7-5-2/h19-28,30,32H,4-16,29H2,1-3H3. The number of rotatable bonds is 18. The highest BCUT2D eigenvalue weighted by Crippen LogP contribution is 2.24. The van der Waals surface area contributed by atoms with Crippen LogP contribution in [0.15, 0.2) is 66.7 Å². The molecule has 0 aliphatic carbocycles. The van der Waals surface area contributed by atoms with Gasteiger partial charge in [-0.05, 0) is 79.8 Å². The lowest BCUT2D eigenvalue weighted by molar-refractivity contribution is 0.206. The van der Waals surface area contributed by atoms with E-state index in [1.54, 1.807) is 0 Å². The predicted octanol–water partition coefficient (Wildman–Crippen LogP) is 10.9. The molecule has 0 aromatic heterocycles. The molecule has 3 nitrogen and oxygen atoms in total. The Kier molecular flexibility index (Phi) is 15.2. The molecule has 0 N–H and O–H groups in total. The molecule has 3 aromatic rings. The second-order valence-corrected chi connectivity index (χ2v) is 11.3. The fourth-order valence-corrected chi connectivity index (χ4v) is 4.99. The van der Waals surface area contributed by atoms with Gasteiger partial charge in [-0.2, -0.15) is 5.26 Å². The topological polar surface area (TPSA) is 42.2 Å². The molecule has 42 heavy (non-hydrogen) atoms. The first-order valence-electron chi connectivity index (χ1n) is 16.2. The van der Waals surface area contributed by atoms with Crippen LogP contribution in [0.3, 0.4) is 0 Å². The lowest BCUT2D eigenvalue weighted by atomic mass is 10.0. The Hall–Kier alpha value is -3.69. The minimum Gasteiger partial charge on any atom is -0.494 e. The molecule has 1 atom stereocenters. The zero-order chi connectivity index (χ0) is 29.8. The Labute approximate surface area is 255 Å². The summed E-state index contributed by atoms with van der Waals surface area (Å²) in [4.78, 5) is 0. The molecule has 0 heterocycles. The van der Waals surface area contributed by atoms with E-state index in [1.807, 2.05) is 30.3 Å². The van der Waals surface area contributed by atoms with E-state index >= 15 is 0 Å². The molecule has 0 amide bonds. The van der Waals surface area contributed by atoms with Crippen molar-refractivity contribution in [1.82, 2.24) is 0 Å². The van der Waals surface area contributed by atoms with Gasteiger partial charge in [0.05, 0.1) is 18.3 Å². The van der Waals surface area contributed by atoms with Crippen molar-refractivity contribution in [1.29, 1.82) is 5.26 Å². The van der Waals surface area contributed by atoms with Gasteiger partial charge in [-0.25, -0.2) is 0 Å². The van der Waals surface area contributed by atoms with Crippen molar-refractivity contribution >= 4 is 0 Å². The maximum absolute atomic E-state index is 9.66. The number of unbranched alkanes of at least 4 members (excludes halogenated alkanes) is 10. The van der Waals surface area contributed by atoms with Crippen LogP contribution in [-0.4, -0.2) is 12.7 Å².